The highest BCUT2D eigenvalue weighted by molar-refractivity contribution is 5.85. The van der Waals surface area contributed by atoms with E-state index in [4.69, 9.17) is 5.73 Å². The molecule has 3 heteroatoms. The van der Waals surface area contributed by atoms with Gasteiger partial charge in [-0.25, -0.2) is 0 Å². The zero-order valence-corrected chi connectivity index (χ0v) is 8.58. The van der Waals surface area contributed by atoms with Crippen LogP contribution in [0, 0.1) is 0 Å². The van der Waals surface area contributed by atoms with Gasteiger partial charge in [-0.1, -0.05) is 30.3 Å². The minimum absolute atomic E-state index is 0.138. The molecule has 1 atom stereocenters. The van der Waals surface area contributed by atoms with Gasteiger partial charge >= 0.3 is 0 Å². The molecule has 0 bridgehead atoms. The number of nitrogens with one attached hydrogen (secondary N) is 1. The number of nitrogens with two attached hydrogens (primary N) is 1. The molecule has 0 radical (unpaired) electrons. The average Bonchev–Trinajstić information content (AvgIpc) is 2.17. The van der Waals surface area contributed by atoms with Crippen LogP contribution < -0.4 is 11.1 Å². The Bertz CT molecular complexity index is 306. The summed E-state index contributed by atoms with van der Waals surface area (Å²) in [6.45, 7) is 1.73. The van der Waals surface area contributed by atoms with E-state index in [1.165, 1.54) is 0 Å². The number of carbonyl (C=O) groups is 1. The van der Waals surface area contributed by atoms with Crippen molar-refractivity contribution < 1.29 is 4.79 Å². The Kier molecular flexibility index (Phi) is 3.25. The van der Waals surface area contributed by atoms with Crippen LogP contribution in [0.2, 0.25) is 0 Å². The summed E-state index contributed by atoms with van der Waals surface area (Å²) < 4.78 is 0. The Morgan fingerprint density at radius 1 is 1.43 bits per heavy atom. The fourth-order valence-electron chi connectivity index (χ4n) is 1.39. The maximum atomic E-state index is 11.4. The summed E-state index contributed by atoms with van der Waals surface area (Å²) in [5.74, 6) is -0.138. The molecule has 0 heterocycles. The first-order chi connectivity index (χ1) is 6.56. The molecule has 1 amide bonds. The number of hydrogen-bond donors (Lipinski definition) is 2. The highest BCUT2D eigenvalue weighted by Gasteiger charge is 2.27. The summed E-state index contributed by atoms with van der Waals surface area (Å²) >= 11 is 0. The van der Waals surface area contributed by atoms with Crippen molar-refractivity contribution in [3.63, 3.8) is 0 Å². The van der Waals surface area contributed by atoms with E-state index in [1.807, 2.05) is 30.3 Å². The van der Waals surface area contributed by atoms with Gasteiger partial charge in [0.25, 0.3) is 0 Å². The van der Waals surface area contributed by atoms with E-state index in [1.54, 1.807) is 14.0 Å². The quantitative estimate of drug-likeness (QED) is 0.740. The van der Waals surface area contributed by atoms with Gasteiger partial charge in [0.1, 0.15) is 0 Å². The standard InChI is InChI=1S/C11H16N2O/c1-11(12,10(14)13-2)8-9-6-4-3-5-7-9/h3-7H,8,12H2,1-2H3,(H,13,14)/t11-/m1/s1. The highest BCUT2D eigenvalue weighted by Crippen LogP contribution is 2.10. The van der Waals surface area contributed by atoms with Crippen molar-refractivity contribution in [3.8, 4) is 0 Å². The van der Waals surface area contributed by atoms with Crippen molar-refractivity contribution in [3.05, 3.63) is 35.9 Å². The molecule has 0 aliphatic rings. The molecule has 3 nitrogen and oxygen atoms in total. The lowest BCUT2D eigenvalue weighted by Gasteiger charge is -2.22. The fourth-order valence-corrected chi connectivity index (χ4v) is 1.39. The molecule has 76 valence electrons. The van der Waals surface area contributed by atoms with E-state index in [2.05, 4.69) is 5.32 Å². The van der Waals surface area contributed by atoms with Crippen LogP contribution in [-0.2, 0) is 11.2 Å². The summed E-state index contributed by atoms with van der Waals surface area (Å²) in [6.07, 6.45) is 0.549. The number of carbonyl (C=O) groups excluding carboxylic acids is 1. The second-order valence-electron chi connectivity index (χ2n) is 3.66. The van der Waals surface area contributed by atoms with E-state index in [0.29, 0.717) is 6.42 Å². The van der Waals surface area contributed by atoms with Crippen molar-refractivity contribution >= 4 is 5.91 Å². The van der Waals surface area contributed by atoms with Crippen LogP contribution in [0.15, 0.2) is 30.3 Å². The van der Waals surface area contributed by atoms with Crippen molar-refractivity contribution in [2.45, 2.75) is 18.9 Å². The Morgan fingerprint density at radius 2 is 2.00 bits per heavy atom. The molecule has 0 saturated carbocycles. The first-order valence-electron chi connectivity index (χ1n) is 4.61. The number of likely N-dealkylation sites (N-methyl/N-ethyl adjacent to an activating group) is 1. The monoisotopic (exact) mass is 192 g/mol. The summed E-state index contributed by atoms with van der Waals surface area (Å²) in [5, 5.41) is 2.56. The molecule has 1 aromatic carbocycles. The second-order valence-corrected chi connectivity index (χ2v) is 3.66. The van der Waals surface area contributed by atoms with E-state index in [-0.39, 0.29) is 5.91 Å². The second kappa shape index (κ2) is 4.24. The highest BCUT2D eigenvalue weighted by atomic mass is 16.2. The lowest BCUT2D eigenvalue weighted by atomic mass is 9.93. The topological polar surface area (TPSA) is 55.1 Å². The summed E-state index contributed by atoms with van der Waals surface area (Å²) in [5.41, 5.74) is 6.12. The molecule has 1 rings (SSSR count). The predicted octanol–water partition coefficient (Wildman–Crippen LogP) is 0.692. The first-order valence-corrected chi connectivity index (χ1v) is 4.61. The normalized spacial score (nSPS) is 14.5. The SMILES string of the molecule is CNC(=O)[C@](C)(N)Cc1ccccc1. The molecule has 1 aromatic rings. The van der Waals surface area contributed by atoms with Crippen LogP contribution in [0.25, 0.3) is 0 Å². The van der Waals surface area contributed by atoms with Crippen LogP contribution in [0.5, 0.6) is 0 Å². The fraction of sp³-hybridized carbons (Fsp3) is 0.364. The number of benzene rings is 1. The summed E-state index contributed by atoms with van der Waals surface area (Å²) in [4.78, 5) is 11.4. The van der Waals surface area contributed by atoms with Gasteiger partial charge in [0.2, 0.25) is 5.91 Å². The van der Waals surface area contributed by atoms with Gasteiger partial charge in [-0.05, 0) is 18.9 Å². The van der Waals surface area contributed by atoms with Crippen LogP contribution in [0.1, 0.15) is 12.5 Å². The van der Waals surface area contributed by atoms with Crippen LogP contribution in [-0.4, -0.2) is 18.5 Å². The Morgan fingerprint density at radius 3 is 2.50 bits per heavy atom. The van der Waals surface area contributed by atoms with Gasteiger partial charge in [-0.3, -0.25) is 4.79 Å². The van der Waals surface area contributed by atoms with E-state index in [0.717, 1.165) is 5.56 Å². The minimum atomic E-state index is -0.837. The van der Waals surface area contributed by atoms with Crippen LogP contribution in [0.3, 0.4) is 0 Å². The van der Waals surface area contributed by atoms with E-state index >= 15 is 0 Å². The third-order valence-electron chi connectivity index (χ3n) is 2.16. The van der Waals surface area contributed by atoms with Crippen molar-refractivity contribution in [1.29, 1.82) is 0 Å². The smallest absolute Gasteiger partial charge is 0.239 e. The van der Waals surface area contributed by atoms with E-state index < -0.39 is 5.54 Å². The molecule has 0 saturated heterocycles. The first kappa shape index (κ1) is 10.7. The third-order valence-corrected chi connectivity index (χ3v) is 2.16. The molecule has 0 spiro atoms. The van der Waals surface area contributed by atoms with Gasteiger partial charge in [0.15, 0.2) is 0 Å². The van der Waals surface area contributed by atoms with Gasteiger partial charge in [-0.2, -0.15) is 0 Å². The molecular weight excluding hydrogens is 176 g/mol. The Labute approximate surface area is 84.3 Å². The van der Waals surface area contributed by atoms with Gasteiger partial charge < -0.3 is 11.1 Å². The molecular formula is C11H16N2O. The van der Waals surface area contributed by atoms with Gasteiger partial charge in [-0.15, -0.1) is 0 Å². The number of rotatable bonds is 3. The third kappa shape index (κ3) is 2.57. The zero-order valence-electron chi connectivity index (χ0n) is 8.58. The Balaban J connectivity index is 2.73. The lowest BCUT2D eigenvalue weighted by molar-refractivity contribution is -0.125. The molecule has 0 aliphatic heterocycles. The molecule has 0 aliphatic carbocycles. The predicted molar refractivity (Wildman–Crippen MR) is 56.8 cm³/mol. The number of amides is 1. The summed E-state index contributed by atoms with van der Waals surface area (Å²) in [7, 11) is 1.60. The Hall–Kier alpha value is -1.35. The van der Waals surface area contributed by atoms with Crippen molar-refractivity contribution in [1.82, 2.24) is 5.32 Å². The van der Waals surface area contributed by atoms with Crippen LogP contribution in [0.4, 0.5) is 0 Å². The number of hydrogen-bond acceptors (Lipinski definition) is 2. The van der Waals surface area contributed by atoms with Crippen molar-refractivity contribution in [2.75, 3.05) is 7.05 Å². The van der Waals surface area contributed by atoms with Crippen LogP contribution >= 0.6 is 0 Å². The largest absolute Gasteiger partial charge is 0.358 e. The zero-order chi connectivity index (χ0) is 10.6. The molecule has 3 N–H and O–H groups in total. The van der Waals surface area contributed by atoms with E-state index in [9.17, 15) is 4.79 Å². The van der Waals surface area contributed by atoms with Crippen molar-refractivity contribution in [2.24, 2.45) is 5.73 Å². The maximum absolute atomic E-state index is 11.4. The summed E-state index contributed by atoms with van der Waals surface area (Å²) in [6, 6.07) is 9.75. The van der Waals surface area contributed by atoms with Gasteiger partial charge in [0, 0.05) is 7.05 Å². The molecule has 0 unspecified atom stereocenters. The van der Waals surface area contributed by atoms with Gasteiger partial charge in [0.05, 0.1) is 5.54 Å². The molecule has 0 fully saturated rings. The molecule has 14 heavy (non-hydrogen) atoms. The molecule has 0 aromatic heterocycles. The lowest BCUT2D eigenvalue weighted by Crippen LogP contribution is -2.52. The maximum Gasteiger partial charge on any atom is 0.239 e. The minimum Gasteiger partial charge on any atom is -0.358 e. The average molecular weight is 192 g/mol.